The molecule has 2 N–H and O–H groups in total. The molecule has 0 aromatic heterocycles. The van der Waals surface area contributed by atoms with E-state index in [9.17, 15) is 9.18 Å². The molecule has 1 saturated heterocycles. The van der Waals surface area contributed by atoms with Crippen LogP contribution in [0.5, 0.6) is 0 Å². The molecular weight excluding hydrogens is 482 g/mol. The maximum Gasteiger partial charge on any atom is 0.225 e. The second-order valence-corrected chi connectivity index (χ2v) is 8.38. The van der Waals surface area contributed by atoms with Crippen LogP contribution in [0.15, 0.2) is 29.3 Å². The number of guanidine groups is 1. The van der Waals surface area contributed by atoms with Crippen molar-refractivity contribution in [3.8, 4) is 0 Å². The molecular formula is C22H34FIN4O. The fourth-order valence-corrected chi connectivity index (χ4v) is 3.86. The van der Waals surface area contributed by atoms with Crippen molar-refractivity contribution >= 4 is 35.8 Å². The van der Waals surface area contributed by atoms with Gasteiger partial charge in [0.25, 0.3) is 0 Å². The van der Waals surface area contributed by atoms with Crippen molar-refractivity contribution < 1.29 is 9.18 Å². The van der Waals surface area contributed by atoms with Crippen molar-refractivity contribution in [1.29, 1.82) is 0 Å². The summed E-state index contributed by atoms with van der Waals surface area (Å²) < 4.78 is 13.6. The fourth-order valence-electron chi connectivity index (χ4n) is 3.86. The van der Waals surface area contributed by atoms with Crippen LogP contribution in [0.1, 0.15) is 52.0 Å². The van der Waals surface area contributed by atoms with Crippen LogP contribution in [-0.4, -0.2) is 49.0 Å². The molecule has 1 amide bonds. The summed E-state index contributed by atoms with van der Waals surface area (Å²) in [5.74, 6) is 0.935. The van der Waals surface area contributed by atoms with Crippen LogP contribution in [0.25, 0.3) is 0 Å². The van der Waals surface area contributed by atoms with Crippen LogP contribution in [0.2, 0.25) is 0 Å². The molecule has 5 nitrogen and oxygen atoms in total. The lowest BCUT2D eigenvalue weighted by Gasteiger charge is -2.34. The molecule has 162 valence electrons. The zero-order chi connectivity index (χ0) is 20.1. The second-order valence-electron chi connectivity index (χ2n) is 8.38. The number of halogens is 2. The van der Waals surface area contributed by atoms with Gasteiger partial charge in [-0.2, -0.15) is 0 Å². The first-order valence-corrected chi connectivity index (χ1v) is 10.5. The van der Waals surface area contributed by atoms with Gasteiger partial charge < -0.3 is 15.5 Å². The number of hydrogen-bond donors (Lipinski definition) is 2. The molecule has 7 heteroatoms. The standard InChI is InChI=1S/C22H33FN4O.HI/c1-4-24-21(26-19-8-12-27(13-9-19)20(28)16(2)3)25-15-22(10-11-22)17-6-5-7-18(23)14-17;/h5-7,14,16,19H,4,8-13,15H2,1-3H3,(H2,24,25,26);1H. The Kier molecular flexibility index (Phi) is 8.73. The molecule has 0 radical (unpaired) electrons. The van der Waals surface area contributed by atoms with Crippen molar-refractivity contribution in [3.63, 3.8) is 0 Å². The van der Waals surface area contributed by atoms with Crippen molar-refractivity contribution in [1.82, 2.24) is 15.5 Å². The third-order valence-electron chi connectivity index (χ3n) is 5.82. The van der Waals surface area contributed by atoms with Gasteiger partial charge in [-0.25, -0.2) is 4.39 Å². The molecule has 0 spiro atoms. The Balaban J connectivity index is 0.00000300. The number of carbonyl (C=O) groups is 1. The number of likely N-dealkylation sites (tertiary alicyclic amines) is 1. The van der Waals surface area contributed by atoms with Crippen molar-refractivity contribution in [3.05, 3.63) is 35.6 Å². The van der Waals surface area contributed by atoms with E-state index in [0.29, 0.717) is 12.6 Å². The van der Waals surface area contributed by atoms with Gasteiger partial charge in [-0.1, -0.05) is 26.0 Å². The lowest BCUT2D eigenvalue weighted by molar-refractivity contribution is -0.135. The maximum absolute atomic E-state index is 13.6. The van der Waals surface area contributed by atoms with Gasteiger partial charge in [-0.3, -0.25) is 9.79 Å². The predicted octanol–water partition coefficient (Wildman–Crippen LogP) is 3.68. The van der Waals surface area contributed by atoms with E-state index in [1.807, 2.05) is 24.8 Å². The first kappa shape index (κ1) is 23.9. The highest BCUT2D eigenvalue weighted by Gasteiger charge is 2.44. The van der Waals surface area contributed by atoms with E-state index in [-0.39, 0.29) is 47.0 Å². The average Bonchev–Trinajstić information content (AvgIpc) is 3.47. The summed E-state index contributed by atoms with van der Waals surface area (Å²) in [6, 6.07) is 7.24. The Morgan fingerprint density at radius 3 is 2.55 bits per heavy atom. The number of aliphatic imine (C=N–C) groups is 1. The van der Waals surface area contributed by atoms with E-state index in [4.69, 9.17) is 4.99 Å². The molecule has 0 atom stereocenters. The summed E-state index contributed by atoms with van der Waals surface area (Å²) in [5.41, 5.74) is 1.03. The van der Waals surface area contributed by atoms with Gasteiger partial charge in [0.05, 0.1) is 6.54 Å². The molecule has 1 heterocycles. The molecule has 1 aliphatic carbocycles. The lowest BCUT2D eigenvalue weighted by Crippen LogP contribution is -2.50. The zero-order valence-corrected chi connectivity index (χ0v) is 20.0. The number of rotatable bonds is 6. The number of nitrogens with one attached hydrogen (secondary N) is 2. The zero-order valence-electron chi connectivity index (χ0n) is 17.7. The van der Waals surface area contributed by atoms with Crippen molar-refractivity contribution in [2.24, 2.45) is 10.9 Å². The number of amides is 1. The molecule has 29 heavy (non-hydrogen) atoms. The summed E-state index contributed by atoms with van der Waals surface area (Å²) >= 11 is 0. The number of nitrogens with zero attached hydrogens (tertiary/aromatic N) is 2. The Morgan fingerprint density at radius 1 is 1.31 bits per heavy atom. The van der Waals surface area contributed by atoms with E-state index >= 15 is 0 Å². The monoisotopic (exact) mass is 516 g/mol. The highest BCUT2D eigenvalue weighted by Crippen LogP contribution is 2.48. The molecule has 1 aromatic carbocycles. The highest BCUT2D eigenvalue weighted by molar-refractivity contribution is 14.0. The number of hydrogen-bond acceptors (Lipinski definition) is 2. The molecule has 1 saturated carbocycles. The van der Waals surface area contributed by atoms with E-state index in [1.165, 1.54) is 6.07 Å². The SMILES string of the molecule is CCNC(=NCC1(c2cccc(F)c2)CC1)NC1CCN(C(=O)C(C)C)CC1.I. The van der Waals surface area contributed by atoms with Gasteiger partial charge in [-0.05, 0) is 50.3 Å². The summed E-state index contributed by atoms with van der Waals surface area (Å²) in [6.45, 7) is 9.01. The van der Waals surface area contributed by atoms with Crippen LogP contribution < -0.4 is 10.6 Å². The Morgan fingerprint density at radius 2 is 2.00 bits per heavy atom. The average molecular weight is 516 g/mol. The molecule has 0 bridgehead atoms. The van der Waals surface area contributed by atoms with Gasteiger partial charge in [0.2, 0.25) is 5.91 Å². The van der Waals surface area contributed by atoms with E-state index in [1.54, 1.807) is 12.1 Å². The minimum Gasteiger partial charge on any atom is -0.357 e. The Bertz CT molecular complexity index is 713. The molecule has 1 aliphatic heterocycles. The number of carbonyl (C=O) groups excluding carboxylic acids is 1. The summed E-state index contributed by atoms with van der Waals surface area (Å²) in [4.78, 5) is 18.9. The summed E-state index contributed by atoms with van der Waals surface area (Å²) in [7, 11) is 0. The van der Waals surface area contributed by atoms with Gasteiger partial charge >= 0.3 is 0 Å². The smallest absolute Gasteiger partial charge is 0.225 e. The maximum atomic E-state index is 13.6. The molecule has 1 aromatic rings. The van der Waals surface area contributed by atoms with Crippen LogP contribution in [0.3, 0.4) is 0 Å². The van der Waals surface area contributed by atoms with Crippen LogP contribution in [0, 0.1) is 11.7 Å². The molecule has 2 fully saturated rings. The van der Waals surface area contributed by atoms with Crippen LogP contribution >= 0.6 is 24.0 Å². The number of piperidine rings is 1. The highest BCUT2D eigenvalue weighted by atomic mass is 127. The first-order chi connectivity index (χ1) is 13.4. The van der Waals surface area contributed by atoms with E-state index < -0.39 is 0 Å². The van der Waals surface area contributed by atoms with Gasteiger partial charge in [0.15, 0.2) is 5.96 Å². The van der Waals surface area contributed by atoms with E-state index in [2.05, 4.69) is 17.6 Å². The third kappa shape index (κ3) is 6.30. The quantitative estimate of drug-likeness (QED) is 0.345. The fraction of sp³-hybridized carbons (Fsp3) is 0.636. The van der Waals surface area contributed by atoms with Gasteiger partial charge in [-0.15, -0.1) is 24.0 Å². The Hall–Kier alpha value is -1.38. The largest absolute Gasteiger partial charge is 0.357 e. The summed E-state index contributed by atoms with van der Waals surface area (Å²) in [6.07, 6.45) is 3.96. The molecule has 0 unspecified atom stereocenters. The topological polar surface area (TPSA) is 56.7 Å². The van der Waals surface area contributed by atoms with Crippen molar-refractivity contribution in [2.45, 2.75) is 57.9 Å². The summed E-state index contributed by atoms with van der Waals surface area (Å²) in [5, 5.41) is 6.87. The molecule has 3 rings (SSSR count). The third-order valence-corrected chi connectivity index (χ3v) is 5.82. The molecule has 2 aliphatic rings. The van der Waals surface area contributed by atoms with E-state index in [0.717, 1.165) is 56.8 Å². The Labute approximate surface area is 190 Å². The van der Waals surface area contributed by atoms with Gasteiger partial charge in [0.1, 0.15) is 5.82 Å². The van der Waals surface area contributed by atoms with Crippen LogP contribution in [0.4, 0.5) is 4.39 Å². The second kappa shape index (κ2) is 10.6. The minimum atomic E-state index is -0.180. The van der Waals surface area contributed by atoms with Crippen molar-refractivity contribution in [2.75, 3.05) is 26.2 Å². The minimum absolute atomic E-state index is 0. The van der Waals surface area contributed by atoms with Crippen LogP contribution in [-0.2, 0) is 10.2 Å². The predicted molar refractivity (Wildman–Crippen MR) is 126 cm³/mol. The van der Waals surface area contributed by atoms with Gasteiger partial charge in [0, 0.05) is 37.0 Å². The number of benzene rings is 1. The normalized spacial score (nSPS) is 18.9. The first-order valence-electron chi connectivity index (χ1n) is 10.5. The lowest BCUT2D eigenvalue weighted by atomic mass is 9.96.